The van der Waals surface area contributed by atoms with E-state index in [-0.39, 0.29) is 0 Å². The average Bonchev–Trinajstić information content (AvgIpc) is 2.37. The second-order valence-electron chi connectivity index (χ2n) is 4.53. The summed E-state index contributed by atoms with van der Waals surface area (Å²) in [6, 6.07) is 7.41. The zero-order chi connectivity index (χ0) is 14.9. The van der Waals surface area contributed by atoms with Gasteiger partial charge in [0.2, 0.25) is 0 Å². The molecule has 20 heavy (non-hydrogen) atoms. The molecular weight excluding hydrogens is 413 g/mol. The molecule has 2 aromatic rings. The van der Waals surface area contributed by atoms with Gasteiger partial charge in [-0.25, -0.2) is 8.78 Å². The van der Waals surface area contributed by atoms with Crippen LogP contribution < -0.4 is 0 Å². The Morgan fingerprint density at radius 2 is 1.80 bits per heavy atom. The van der Waals surface area contributed by atoms with Crippen molar-refractivity contribution in [2.24, 2.45) is 0 Å². The molecular formula is C15H11Br2ClF2. The van der Waals surface area contributed by atoms with Gasteiger partial charge in [0.15, 0.2) is 0 Å². The van der Waals surface area contributed by atoms with E-state index in [2.05, 4.69) is 31.9 Å². The number of aryl methyl sites for hydroxylation is 1. The molecule has 2 rings (SSSR count). The largest absolute Gasteiger partial charge is 0.207 e. The molecule has 106 valence electrons. The van der Waals surface area contributed by atoms with E-state index in [4.69, 9.17) is 11.6 Å². The fourth-order valence-corrected chi connectivity index (χ4v) is 3.47. The molecule has 0 N–H and O–H groups in total. The van der Waals surface area contributed by atoms with Gasteiger partial charge in [0.05, 0.1) is 5.38 Å². The van der Waals surface area contributed by atoms with Gasteiger partial charge < -0.3 is 0 Å². The zero-order valence-electron chi connectivity index (χ0n) is 10.6. The minimum Gasteiger partial charge on any atom is -0.207 e. The van der Waals surface area contributed by atoms with Crippen LogP contribution in [0.2, 0.25) is 0 Å². The van der Waals surface area contributed by atoms with Gasteiger partial charge in [-0.2, -0.15) is 0 Å². The molecule has 0 saturated heterocycles. The lowest BCUT2D eigenvalue weighted by Crippen LogP contribution is -2.00. The first-order chi connectivity index (χ1) is 9.38. The second-order valence-corrected chi connectivity index (χ2v) is 6.77. The summed E-state index contributed by atoms with van der Waals surface area (Å²) in [7, 11) is 0. The molecule has 0 radical (unpaired) electrons. The number of hydrogen-bond donors (Lipinski definition) is 0. The van der Waals surface area contributed by atoms with Crippen molar-refractivity contribution in [3.05, 3.63) is 67.6 Å². The molecule has 0 amide bonds. The molecule has 0 aliphatic heterocycles. The van der Waals surface area contributed by atoms with Crippen LogP contribution in [-0.4, -0.2) is 0 Å². The van der Waals surface area contributed by atoms with Gasteiger partial charge in [0, 0.05) is 15.0 Å². The van der Waals surface area contributed by atoms with Crippen LogP contribution in [0.25, 0.3) is 0 Å². The summed E-state index contributed by atoms with van der Waals surface area (Å²) in [6.45, 7) is 1.97. The summed E-state index contributed by atoms with van der Waals surface area (Å²) < 4.78 is 28.4. The van der Waals surface area contributed by atoms with Crippen LogP contribution in [0, 0.1) is 18.6 Å². The normalized spacial score (nSPS) is 12.5. The molecule has 2 aromatic carbocycles. The SMILES string of the molecule is Cc1cc(Br)c(C(Cl)Cc2ccc(F)cc2F)cc1Br. The summed E-state index contributed by atoms with van der Waals surface area (Å²) in [5.41, 5.74) is 2.35. The number of halogens is 5. The topological polar surface area (TPSA) is 0 Å². The molecule has 0 bridgehead atoms. The molecule has 0 aliphatic carbocycles. The Balaban J connectivity index is 2.28. The maximum absolute atomic E-state index is 13.7. The molecule has 1 atom stereocenters. The Labute approximate surface area is 138 Å². The van der Waals surface area contributed by atoms with Crippen molar-refractivity contribution in [2.75, 3.05) is 0 Å². The highest BCUT2D eigenvalue weighted by Crippen LogP contribution is 2.35. The van der Waals surface area contributed by atoms with Crippen molar-refractivity contribution in [1.82, 2.24) is 0 Å². The summed E-state index contributed by atoms with van der Waals surface area (Å²) in [5, 5.41) is -0.402. The Kier molecular flexibility index (Phi) is 5.21. The third kappa shape index (κ3) is 3.60. The number of alkyl halides is 1. The van der Waals surface area contributed by atoms with Crippen molar-refractivity contribution >= 4 is 43.5 Å². The number of benzene rings is 2. The van der Waals surface area contributed by atoms with E-state index in [0.717, 1.165) is 26.1 Å². The fourth-order valence-electron chi connectivity index (χ4n) is 1.89. The first-order valence-electron chi connectivity index (χ1n) is 5.92. The van der Waals surface area contributed by atoms with Crippen LogP contribution in [-0.2, 0) is 6.42 Å². The summed E-state index contributed by atoms with van der Waals surface area (Å²) in [5.74, 6) is -1.16. The fraction of sp³-hybridized carbons (Fsp3) is 0.200. The smallest absolute Gasteiger partial charge is 0.129 e. The van der Waals surface area contributed by atoms with E-state index in [0.29, 0.717) is 12.0 Å². The van der Waals surface area contributed by atoms with E-state index < -0.39 is 17.0 Å². The maximum atomic E-state index is 13.7. The van der Waals surface area contributed by atoms with Crippen molar-refractivity contribution in [2.45, 2.75) is 18.7 Å². The van der Waals surface area contributed by atoms with Crippen LogP contribution in [0.15, 0.2) is 39.3 Å². The van der Waals surface area contributed by atoms with Crippen LogP contribution in [0.1, 0.15) is 22.1 Å². The van der Waals surface area contributed by atoms with Crippen LogP contribution in [0.5, 0.6) is 0 Å². The molecule has 0 heterocycles. The lowest BCUT2D eigenvalue weighted by atomic mass is 10.0. The molecule has 0 spiro atoms. The Morgan fingerprint density at radius 1 is 1.10 bits per heavy atom. The minimum atomic E-state index is -0.586. The Morgan fingerprint density at radius 3 is 2.45 bits per heavy atom. The first-order valence-corrected chi connectivity index (χ1v) is 7.94. The van der Waals surface area contributed by atoms with Crippen molar-refractivity contribution in [1.29, 1.82) is 0 Å². The highest BCUT2D eigenvalue weighted by molar-refractivity contribution is 9.11. The average molecular weight is 425 g/mol. The lowest BCUT2D eigenvalue weighted by Gasteiger charge is -2.14. The van der Waals surface area contributed by atoms with Gasteiger partial charge in [0.25, 0.3) is 0 Å². The highest BCUT2D eigenvalue weighted by Gasteiger charge is 2.16. The standard InChI is InChI=1S/C15H11Br2ClF2/c1-8-4-13(17)11(7-12(8)16)14(18)5-9-2-3-10(19)6-15(9)20/h2-4,6-7,14H,5H2,1H3. The van der Waals surface area contributed by atoms with Gasteiger partial charge in [-0.1, -0.05) is 37.9 Å². The van der Waals surface area contributed by atoms with Gasteiger partial charge in [-0.15, -0.1) is 11.6 Å². The molecule has 0 aromatic heterocycles. The minimum absolute atomic E-state index is 0.293. The van der Waals surface area contributed by atoms with Gasteiger partial charge in [0.1, 0.15) is 11.6 Å². The first kappa shape index (κ1) is 15.9. The third-order valence-corrected chi connectivity index (χ3v) is 4.96. The molecule has 1 unspecified atom stereocenters. The zero-order valence-corrected chi connectivity index (χ0v) is 14.5. The monoisotopic (exact) mass is 422 g/mol. The lowest BCUT2D eigenvalue weighted by molar-refractivity contribution is 0.570. The van der Waals surface area contributed by atoms with Crippen LogP contribution in [0.3, 0.4) is 0 Å². The molecule has 0 nitrogen and oxygen atoms in total. The third-order valence-electron chi connectivity index (χ3n) is 3.03. The van der Waals surface area contributed by atoms with Crippen molar-refractivity contribution < 1.29 is 8.78 Å². The number of rotatable bonds is 3. The number of hydrogen-bond acceptors (Lipinski definition) is 0. The molecule has 0 aliphatic rings. The molecule has 5 heteroatoms. The van der Waals surface area contributed by atoms with Crippen LogP contribution in [0.4, 0.5) is 8.78 Å². The van der Waals surface area contributed by atoms with E-state index in [1.54, 1.807) is 0 Å². The predicted octanol–water partition coefficient (Wildman–Crippen LogP) is 6.32. The van der Waals surface area contributed by atoms with Crippen molar-refractivity contribution in [3.63, 3.8) is 0 Å². The van der Waals surface area contributed by atoms with Gasteiger partial charge in [-0.05, 0) is 48.2 Å². The van der Waals surface area contributed by atoms with Crippen molar-refractivity contribution in [3.8, 4) is 0 Å². The Bertz CT molecular complexity index is 644. The molecule has 0 fully saturated rings. The van der Waals surface area contributed by atoms with Gasteiger partial charge in [-0.3, -0.25) is 0 Å². The van der Waals surface area contributed by atoms with Gasteiger partial charge >= 0.3 is 0 Å². The summed E-state index contributed by atoms with van der Waals surface area (Å²) in [4.78, 5) is 0. The van der Waals surface area contributed by atoms with Crippen LogP contribution >= 0.6 is 43.5 Å². The van der Waals surface area contributed by atoms with E-state index >= 15 is 0 Å². The van der Waals surface area contributed by atoms with E-state index in [9.17, 15) is 8.78 Å². The van der Waals surface area contributed by atoms with E-state index in [1.165, 1.54) is 12.1 Å². The summed E-state index contributed by atoms with van der Waals surface area (Å²) in [6.07, 6.45) is 0.293. The maximum Gasteiger partial charge on any atom is 0.129 e. The Hall–Kier alpha value is -0.450. The quantitative estimate of drug-likeness (QED) is 0.506. The highest BCUT2D eigenvalue weighted by atomic mass is 79.9. The predicted molar refractivity (Wildman–Crippen MR) is 85.2 cm³/mol. The van der Waals surface area contributed by atoms with E-state index in [1.807, 2.05) is 19.1 Å². The summed E-state index contributed by atoms with van der Waals surface area (Å²) >= 11 is 13.3. The molecule has 0 saturated carbocycles. The second kappa shape index (κ2) is 6.54.